The first-order valence-corrected chi connectivity index (χ1v) is 7.70. The molecule has 124 valence electrons. The Hall–Kier alpha value is -2.55. The Kier molecular flexibility index (Phi) is 6.19. The Morgan fingerprint density at radius 2 is 2.12 bits per heavy atom. The lowest BCUT2D eigenvalue weighted by molar-refractivity contribution is -0.117. The third-order valence-corrected chi connectivity index (χ3v) is 3.59. The number of nitriles is 1. The van der Waals surface area contributed by atoms with Crippen LogP contribution in [0.3, 0.4) is 0 Å². The van der Waals surface area contributed by atoms with Gasteiger partial charge in [0.1, 0.15) is 5.75 Å². The summed E-state index contributed by atoms with van der Waals surface area (Å²) in [6, 6.07) is 14.5. The quantitative estimate of drug-likeness (QED) is 0.874. The molecule has 0 radical (unpaired) electrons. The highest BCUT2D eigenvalue weighted by atomic mass is 35.5. The largest absolute Gasteiger partial charge is 0.495 e. The first-order chi connectivity index (χ1) is 11.5. The first-order valence-electron chi connectivity index (χ1n) is 7.33. The number of methoxy groups -OCH3 is 1. The summed E-state index contributed by atoms with van der Waals surface area (Å²) < 4.78 is 5.21. The maximum atomic E-state index is 12.2. The van der Waals surface area contributed by atoms with Crippen LogP contribution in [0.4, 0.5) is 5.69 Å². The van der Waals surface area contributed by atoms with Gasteiger partial charge in [-0.3, -0.25) is 9.69 Å². The van der Waals surface area contributed by atoms with E-state index in [2.05, 4.69) is 11.4 Å². The molecule has 0 aromatic heterocycles. The predicted molar refractivity (Wildman–Crippen MR) is 94.1 cm³/mol. The molecule has 0 bridgehead atoms. The topological polar surface area (TPSA) is 65.4 Å². The molecule has 0 aliphatic rings. The van der Waals surface area contributed by atoms with Crippen molar-refractivity contribution in [3.8, 4) is 11.8 Å². The van der Waals surface area contributed by atoms with E-state index in [1.165, 1.54) is 7.11 Å². The van der Waals surface area contributed by atoms with Crippen LogP contribution in [-0.4, -0.2) is 31.5 Å². The molecule has 2 rings (SSSR count). The number of amides is 1. The van der Waals surface area contributed by atoms with Crippen LogP contribution in [-0.2, 0) is 11.3 Å². The maximum absolute atomic E-state index is 12.2. The number of benzene rings is 2. The summed E-state index contributed by atoms with van der Waals surface area (Å²) in [5.41, 5.74) is 2.12. The molecular formula is C18H18ClN3O2. The second-order valence-corrected chi connectivity index (χ2v) is 5.81. The number of halogens is 1. The number of ether oxygens (including phenoxy) is 1. The van der Waals surface area contributed by atoms with Crippen molar-refractivity contribution < 1.29 is 9.53 Å². The second kappa shape index (κ2) is 8.34. The van der Waals surface area contributed by atoms with Gasteiger partial charge in [-0.2, -0.15) is 5.26 Å². The van der Waals surface area contributed by atoms with Crippen LogP contribution >= 0.6 is 11.6 Å². The second-order valence-electron chi connectivity index (χ2n) is 5.38. The van der Waals surface area contributed by atoms with E-state index in [9.17, 15) is 4.79 Å². The molecule has 0 saturated carbocycles. The van der Waals surface area contributed by atoms with Crippen molar-refractivity contribution >= 4 is 23.2 Å². The van der Waals surface area contributed by atoms with Gasteiger partial charge >= 0.3 is 0 Å². The van der Waals surface area contributed by atoms with Crippen LogP contribution in [0, 0.1) is 11.3 Å². The zero-order chi connectivity index (χ0) is 17.5. The average Bonchev–Trinajstić information content (AvgIpc) is 2.55. The van der Waals surface area contributed by atoms with E-state index in [0.29, 0.717) is 28.6 Å². The highest BCUT2D eigenvalue weighted by Gasteiger charge is 2.11. The summed E-state index contributed by atoms with van der Waals surface area (Å²) in [6.45, 7) is 0.766. The van der Waals surface area contributed by atoms with Gasteiger partial charge in [-0.05, 0) is 42.9 Å². The molecular weight excluding hydrogens is 326 g/mol. The highest BCUT2D eigenvalue weighted by molar-refractivity contribution is 6.31. The number of likely N-dealkylation sites (N-methyl/N-ethyl adjacent to an activating group) is 1. The third-order valence-electron chi connectivity index (χ3n) is 3.36. The van der Waals surface area contributed by atoms with E-state index < -0.39 is 0 Å². The number of hydrogen-bond donors (Lipinski definition) is 1. The monoisotopic (exact) mass is 343 g/mol. The fourth-order valence-corrected chi connectivity index (χ4v) is 2.49. The SMILES string of the molecule is COc1ccc(Cl)cc1NC(=O)CN(C)Cc1cccc(C#N)c1. The molecule has 5 nitrogen and oxygen atoms in total. The predicted octanol–water partition coefficient (Wildman–Crippen LogP) is 3.29. The minimum atomic E-state index is -0.172. The Morgan fingerprint density at radius 1 is 1.33 bits per heavy atom. The number of anilines is 1. The van der Waals surface area contributed by atoms with E-state index in [0.717, 1.165) is 5.56 Å². The smallest absolute Gasteiger partial charge is 0.238 e. The van der Waals surface area contributed by atoms with Crippen LogP contribution in [0.2, 0.25) is 5.02 Å². The summed E-state index contributed by atoms with van der Waals surface area (Å²) >= 11 is 5.96. The van der Waals surface area contributed by atoms with E-state index in [-0.39, 0.29) is 12.5 Å². The summed E-state index contributed by atoms with van der Waals surface area (Å²) in [4.78, 5) is 14.1. The molecule has 0 aliphatic carbocycles. The molecule has 1 N–H and O–H groups in total. The third kappa shape index (κ3) is 4.98. The van der Waals surface area contributed by atoms with Crippen molar-refractivity contribution in [2.24, 2.45) is 0 Å². The van der Waals surface area contributed by atoms with Crippen molar-refractivity contribution in [2.45, 2.75) is 6.54 Å². The molecule has 2 aromatic carbocycles. The van der Waals surface area contributed by atoms with Gasteiger partial charge in [-0.25, -0.2) is 0 Å². The van der Waals surface area contributed by atoms with Gasteiger partial charge in [-0.1, -0.05) is 23.7 Å². The molecule has 6 heteroatoms. The number of carbonyl (C=O) groups is 1. The summed E-state index contributed by atoms with van der Waals surface area (Å²) in [5.74, 6) is 0.381. The van der Waals surface area contributed by atoms with Crippen molar-refractivity contribution in [2.75, 3.05) is 26.0 Å². The van der Waals surface area contributed by atoms with E-state index in [1.54, 1.807) is 24.3 Å². The molecule has 0 spiro atoms. The Labute approximate surface area is 146 Å². The molecule has 1 amide bonds. The van der Waals surface area contributed by atoms with Gasteiger partial charge in [0.15, 0.2) is 0 Å². The van der Waals surface area contributed by atoms with E-state index in [1.807, 2.05) is 30.1 Å². The number of hydrogen-bond acceptors (Lipinski definition) is 4. The number of carbonyl (C=O) groups excluding carboxylic acids is 1. The molecule has 0 fully saturated rings. The standard InChI is InChI=1S/C18H18ClN3O2/c1-22(11-14-5-3-4-13(8-14)10-20)12-18(23)21-16-9-15(19)6-7-17(16)24-2/h3-9H,11-12H2,1-2H3,(H,21,23). The van der Waals surface area contributed by atoms with Crippen LogP contribution in [0.1, 0.15) is 11.1 Å². The summed E-state index contributed by atoms with van der Waals surface area (Å²) in [7, 11) is 3.38. The first kappa shape index (κ1) is 17.8. The summed E-state index contributed by atoms with van der Waals surface area (Å²) in [6.07, 6.45) is 0. The fraction of sp³-hybridized carbons (Fsp3) is 0.222. The van der Waals surface area contributed by atoms with Gasteiger partial charge in [0.25, 0.3) is 0 Å². The molecule has 2 aromatic rings. The average molecular weight is 344 g/mol. The van der Waals surface area contributed by atoms with Crippen molar-refractivity contribution in [1.29, 1.82) is 5.26 Å². The molecule has 0 unspecified atom stereocenters. The van der Waals surface area contributed by atoms with E-state index >= 15 is 0 Å². The zero-order valence-corrected chi connectivity index (χ0v) is 14.3. The van der Waals surface area contributed by atoms with Gasteiger partial charge < -0.3 is 10.1 Å². The van der Waals surface area contributed by atoms with Crippen molar-refractivity contribution in [3.63, 3.8) is 0 Å². The Balaban J connectivity index is 1.97. The minimum Gasteiger partial charge on any atom is -0.495 e. The van der Waals surface area contributed by atoms with Crippen molar-refractivity contribution in [1.82, 2.24) is 4.90 Å². The number of nitrogens with one attached hydrogen (secondary N) is 1. The molecule has 0 aliphatic heterocycles. The van der Waals surface area contributed by atoms with Crippen LogP contribution in [0.15, 0.2) is 42.5 Å². The van der Waals surface area contributed by atoms with Crippen LogP contribution in [0.25, 0.3) is 0 Å². The van der Waals surface area contributed by atoms with Crippen LogP contribution < -0.4 is 10.1 Å². The Bertz CT molecular complexity index is 771. The van der Waals surface area contributed by atoms with Gasteiger partial charge in [0.2, 0.25) is 5.91 Å². The molecule has 24 heavy (non-hydrogen) atoms. The zero-order valence-electron chi connectivity index (χ0n) is 13.5. The lowest BCUT2D eigenvalue weighted by atomic mass is 10.1. The molecule has 0 heterocycles. The van der Waals surface area contributed by atoms with Crippen LogP contribution in [0.5, 0.6) is 5.75 Å². The lowest BCUT2D eigenvalue weighted by Gasteiger charge is -2.17. The number of rotatable bonds is 6. The molecule has 0 saturated heterocycles. The summed E-state index contributed by atoms with van der Waals surface area (Å²) in [5, 5.41) is 12.2. The molecule has 0 atom stereocenters. The Morgan fingerprint density at radius 3 is 2.83 bits per heavy atom. The fourth-order valence-electron chi connectivity index (χ4n) is 2.32. The van der Waals surface area contributed by atoms with Gasteiger partial charge in [0.05, 0.1) is 31.0 Å². The normalized spacial score (nSPS) is 10.3. The number of nitrogens with zero attached hydrogens (tertiary/aromatic N) is 2. The minimum absolute atomic E-state index is 0.172. The van der Waals surface area contributed by atoms with Crippen molar-refractivity contribution in [3.05, 3.63) is 58.6 Å². The lowest BCUT2D eigenvalue weighted by Crippen LogP contribution is -2.30. The van der Waals surface area contributed by atoms with E-state index in [4.69, 9.17) is 21.6 Å². The van der Waals surface area contributed by atoms with Gasteiger partial charge in [-0.15, -0.1) is 0 Å². The maximum Gasteiger partial charge on any atom is 0.238 e. The van der Waals surface area contributed by atoms with Gasteiger partial charge in [0, 0.05) is 11.6 Å². The highest BCUT2D eigenvalue weighted by Crippen LogP contribution is 2.27.